The van der Waals surface area contributed by atoms with E-state index < -0.39 is 18.1 Å². The highest BCUT2D eigenvalue weighted by molar-refractivity contribution is 5.82. The molecule has 2 unspecified atom stereocenters. The van der Waals surface area contributed by atoms with Crippen LogP contribution in [0.1, 0.15) is 30.9 Å². The number of alkyl halides is 3. The van der Waals surface area contributed by atoms with E-state index in [1.54, 1.807) is 13.8 Å². The van der Waals surface area contributed by atoms with Gasteiger partial charge in [0, 0.05) is 12.0 Å². The Hall–Kier alpha value is -1.52. The van der Waals surface area contributed by atoms with Crippen LogP contribution < -0.4 is 5.32 Å². The number of hydrogen-bond donors (Lipinski definition) is 1. The zero-order valence-electron chi connectivity index (χ0n) is 10.5. The summed E-state index contributed by atoms with van der Waals surface area (Å²) >= 11 is 0. The molecular formula is C13H16F3NO. The third kappa shape index (κ3) is 3.75. The van der Waals surface area contributed by atoms with Crippen molar-refractivity contribution in [3.8, 4) is 0 Å². The summed E-state index contributed by atoms with van der Waals surface area (Å²) in [7, 11) is 0. The normalized spacial score (nSPS) is 15.0. The third-order valence-electron chi connectivity index (χ3n) is 2.97. The van der Waals surface area contributed by atoms with Gasteiger partial charge in [-0.2, -0.15) is 13.2 Å². The van der Waals surface area contributed by atoms with Gasteiger partial charge in [0.05, 0.1) is 0 Å². The Balaban J connectivity index is 2.70. The highest BCUT2D eigenvalue weighted by Gasteiger charge is 2.39. The Morgan fingerprint density at radius 2 is 1.67 bits per heavy atom. The van der Waals surface area contributed by atoms with E-state index in [1.807, 2.05) is 36.5 Å². The molecule has 0 saturated carbocycles. The fourth-order valence-electron chi connectivity index (χ4n) is 1.57. The molecule has 1 rings (SSSR count). The predicted octanol–water partition coefficient (Wildman–Crippen LogP) is 3.17. The molecule has 0 aliphatic carbocycles. The zero-order chi connectivity index (χ0) is 13.9. The second-order valence-corrected chi connectivity index (χ2v) is 4.46. The average molecular weight is 259 g/mol. The molecule has 1 N–H and O–H groups in total. The number of carbonyl (C=O) groups excluding carboxylic acids is 1. The lowest BCUT2D eigenvalue weighted by atomic mass is 9.94. The van der Waals surface area contributed by atoms with Crippen molar-refractivity contribution >= 4 is 5.91 Å². The van der Waals surface area contributed by atoms with Crippen LogP contribution in [-0.2, 0) is 4.79 Å². The Bertz CT molecular complexity index is 411. The van der Waals surface area contributed by atoms with Gasteiger partial charge in [-0.15, -0.1) is 0 Å². The van der Waals surface area contributed by atoms with Crippen LogP contribution in [0.25, 0.3) is 0 Å². The number of rotatable bonds is 3. The summed E-state index contributed by atoms with van der Waals surface area (Å²) in [6.45, 7) is 5.28. The molecule has 0 spiro atoms. The first kappa shape index (κ1) is 14.5. The maximum Gasteiger partial charge on any atom is 0.471 e. The lowest BCUT2D eigenvalue weighted by molar-refractivity contribution is -0.174. The molecule has 0 fully saturated rings. The maximum atomic E-state index is 12.1. The van der Waals surface area contributed by atoms with Crippen LogP contribution in [0.2, 0.25) is 0 Å². The standard InChI is InChI=1S/C13H16F3NO/c1-8-4-6-11(7-5-8)9(2)10(3)17-12(18)13(14,15)16/h4-7,9-10H,1-3H3,(H,17,18). The zero-order valence-corrected chi connectivity index (χ0v) is 10.5. The summed E-state index contributed by atoms with van der Waals surface area (Å²) in [5.74, 6) is -2.08. The molecular weight excluding hydrogens is 243 g/mol. The number of benzene rings is 1. The molecule has 1 aromatic rings. The molecule has 5 heteroatoms. The van der Waals surface area contributed by atoms with Crippen LogP contribution in [-0.4, -0.2) is 18.1 Å². The first-order valence-corrected chi connectivity index (χ1v) is 5.66. The van der Waals surface area contributed by atoms with E-state index in [2.05, 4.69) is 0 Å². The van der Waals surface area contributed by atoms with Crippen LogP contribution in [0.4, 0.5) is 13.2 Å². The predicted molar refractivity (Wildman–Crippen MR) is 63.3 cm³/mol. The molecule has 1 amide bonds. The first-order valence-electron chi connectivity index (χ1n) is 5.66. The number of nitrogens with one attached hydrogen (secondary N) is 1. The highest BCUT2D eigenvalue weighted by atomic mass is 19.4. The van der Waals surface area contributed by atoms with Crippen molar-refractivity contribution in [2.24, 2.45) is 0 Å². The SMILES string of the molecule is Cc1ccc(C(C)C(C)NC(=O)C(F)(F)F)cc1. The van der Waals surface area contributed by atoms with Crippen molar-refractivity contribution < 1.29 is 18.0 Å². The third-order valence-corrected chi connectivity index (χ3v) is 2.97. The first-order chi connectivity index (χ1) is 8.21. The van der Waals surface area contributed by atoms with E-state index >= 15 is 0 Å². The molecule has 0 radical (unpaired) electrons. The average Bonchev–Trinajstić information content (AvgIpc) is 2.27. The Labute approximate surface area is 104 Å². The summed E-state index contributed by atoms with van der Waals surface area (Å²) in [6.07, 6.45) is -4.83. The van der Waals surface area contributed by atoms with Crippen molar-refractivity contribution in [2.45, 2.75) is 38.9 Å². The molecule has 0 bridgehead atoms. The summed E-state index contributed by atoms with van der Waals surface area (Å²) in [4.78, 5) is 10.8. The van der Waals surface area contributed by atoms with Gasteiger partial charge in [0.15, 0.2) is 0 Å². The summed E-state index contributed by atoms with van der Waals surface area (Å²) in [5.41, 5.74) is 1.98. The second kappa shape index (κ2) is 5.42. The van der Waals surface area contributed by atoms with E-state index in [4.69, 9.17) is 0 Å². The molecule has 2 nitrogen and oxygen atoms in total. The van der Waals surface area contributed by atoms with E-state index in [1.165, 1.54) is 0 Å². The second-order valence-electron chi connectivity index (χ2n) is 4.46. The minimum absolute atomic E-state index is 0.183. The molecule has 0 heterocycles. The summed E-state index contributed by atoms with van der Waals surface area (Å²) in [5, 5.41) is 1.97. The van der Waals surface area contributed by atoms with Gasteiger partial charge >= 0.3 is 12.1 Å². The number of aryl methyl sites for hydroxylation is 1. The molecule has 2 atom stereocenters. The van der Waals surface area contributed by atoms with Crippen LogP contribution in [0.5, 0.6) is 0 Å². The van der Waals surface area contributed by atoms with Gasteiger partial charge in [0.25, 0.3) is 0 Å². The van der Waals surface area contributed by atoms with Crippen molar-refractivity contribution in [3.05, 3.63) is 35.4 Å². The molecule has 0 aliphatic rings. The number of amides is 1. The minimum Gasteiger partial charge on any atom is -0.345 e. The van der Waals surface area contributed by atoms with E-state index in [-0.39, 0.29) is 5.92 Å². The van der Waals surface area contributed by atoms with Gasteiger partial charge in [0.2, 0.25) is 0 Å². The van der Waals surface area contributed by atoms with Crippen molar-refractivity contribution in [3.63, 3.8) is 0 Å². The van der Waals surface area contributed by atoms with E-state index in [9.17, 15) is 18.0 Å². The van der Waals surface area contributed by atoms with Gasteiger partial charge < -0.3 is 5.32 Å². The van der Waals surface area contributed by atoms with Gasteiger partial charge in [-0.1, -0.05) is 36.8 Å². The molecule has 0 saturated heterocycles. The summed E-state index contributed by atoms with van der Waals surface area (Å²) < 4.78 is 36.3. The van der Waals surface area contributed by atoms with Crippen LogP contribution >= 0.6 is 0 Å². The maximum absolute atomic E-state index is 12.1. The molecule has 100 valence electrons. The van der Waals surface area contributed by atoms with Gasteiger partial charge in [0.1, 0.15) is 0 Å². The monoisotopic (exact) mass is 259 g/mol. The fraction of sp³-hybridized carbons (Fsp3) is 0.462. The molecule has 0 aromatic heterocycles. The lowest BCUT2D eigenvalue weighted by Crippen LogP contribution is -2.43. The lowest BCUT2D eigenvalue weighted by Gasteiger charge is -2.22. The van der Waals surface area contributed by atoms with Crippen LogP contribution in [0.15, 0.2) is 24.3 Å². The topological polar surface area (TPSA) is 29.1 Å². The van der Waals surface area contributed by atoms with Crippen LogP contribution in [0, 0.1) is 6.92 Å². The van der Waals surface area contributed by atoms with Crippen molar-refractivity contribution in [1.82, 2.24) is 5.32 Å². The van der Waals surface area contributed by atoms with Crippen molar-refractivity contribution in [2.75, 3.05) is 0 Å². The Morgan fingerprint density at radius 3 is 2.11 bits per heavy atom. The quantitative estimate of drug-likeness (QED) is 0.887. The van der Waals surface area contributed by atoms with Gasteiger partial charge in [-0.25, -0.2) is 0 Å². The van der Waals surface area contributed by atoms with Gasteiger partial charge in [-0.3, -0.25) is 4.79 Å². The van der Waals surface area contributed by atoms with Crippen molar-refractivity contribution in [1.29, 1.82) is 0 Å². The smallest absolute Gasteiger partial charge is 0.345 e. The highest BCUT2D eigenvalue weighted by Crippen LogP contribution is 2.21. The minimum atomic E-state index is -4.83. The van der Waals surface area contributed by atoms with E-state index in [0.717, 1.165) is 11.1 Å². The van der Waals surface area contributed by atoms with Crippen LogP contribution in [0.3, 0.4) is 0 Å². The molecule has 1 aromatic carbocycles. The molecule has 0 aliphatic heterocycles. The molecule has 18 heavy (non-hydrogen) atoms. The Kier molecular flexibility index (Phi) is 4.38. The summed E-state index contributed by atoms with van der Waals surface area (Å²) in [6, 6.07) is 6.92. The van der Waals surface area contributed by atoms with E-state index in [0.29, 0.717) is 0 Å². The number of hydrogen-bond acceptors (Lipinski definition) is 1. The number of halogens is 3. The van der Waals surface area contributed by atoms with Gasteiger partial charge in [-0.05, 0) is 19.4 Å². The largest absolute Gasteiger partial charge is 0.471 e. The Morgan fingerprint density at radius 1 is 1.17 bits per heavy atom. The number of carbonyl (C=O) groups is 1. The fourth-order valence-corrected chi connectivity index (χ4v) is 1.57.